The van der Waals surface area contributed by atoms with E-state index in [0.717, 1.165) is 16.7 Å². The van der Waals surface area contributed by atoms with Gasteiger partial charge in [-0.05, 0) is 58.6 Å². The largest absolute Gasteiger partial charge is 0.422 e. The van der Waals surface area contributed by atoms with E-state index in [9.17, 15) is 4.79 Å². The molecule has 0 bridgehead atoms. The zero-order valence-corrected chi connectivity index (χ0v) is 12.9. The smallest absolute Gasteiger partial charge is 0.344 e. The molecule has 3 nitrogen and oxygen atoms in total. The number of hydrogen-bond donors (Lipinski definition) is 1. The molecule has 2 rings (SSSR count). The summed E-state index contributed by atoms with van der Waals surface area (Å²) >= 11 is 3.34. The first-order valence-electron chi connectivity index (χ1n) is 6.20. The second-order valence-corrected chi connectivity index (χ2v) is 5.44. The average molecular weight is 335 g/mol. The van der Waals surface area contributed by atoms with E-state index in [1.54, 1.807) is 18.2 Å². The van der Waals surface area contributed by atoms with E-state index in [1.807, 2.05) is 32.0 Å². The normalized spacial score (nSPS) is 10.4. The van der Waals surface area contributed by atoms with Crippen LogP contribution in [0.1, 0.15) is 27.0 Å². The van der Waals surface area contributed by atoms with Crippen LogP contribution in [-0.4, -0.2) is 11.1 Å². The van der Waals surface area contributed by atoms with Crippen molar-refractivity contribution < 1.29 is 14.6 Å². The second-order valence-electron chi connectivity index (χ2n) is 4.59. The lowest BCUT2D eigenvalue weighted by molar-refractivity contribution is 0.0731. The molecule has 4 heteroatoms. The Morgan fingerprint density at radius 1 is 1.20 bits per heavy atom. The molecule has 0 fully saturated rings. The summed E-state index contributed by atoms with van der Waals surface area (Å²) in [6.07, 6.45) is 0. The van der Waals surface area contributed by atoms with Crippen LogP contribution >= 0.6 is 15.9 Å². The SMILES string of the molecule is Cc1cc(CO)cc(C)c1OC(=O)c1ccccc1Br. The summed E-state index contributed by atoms with van der Waals surface area (Å²) in [6, 6.07) is 10.8. The lowest BCUT2D eigenvalue weighted by atomic mass is 10.1. The number of aryl methyl sites for hydroxylation is 2. The molecule has 0 saturated carbocycles. The highest BCUT2D eigenvalue weighted by atomic mass is 79.9. The highest BCUT2D eigenvalue weighted by Gasteiger charge is 2.15. The Labute approximate surface area is 126 Å². The molecule has 0 aliphatic heterocycles. The molecule has 20 heavy (non-hydrogen) atoms. The molecule has 2 aromatic carbocycles. The molecule has 0 heterocycles. The van der Waals surface area contributed by atoms with Crippen LogP contribution < -0.4 is 4.74 Å². The number of ether oxygens (including phenoxy) is 1. The molecule has 0 amide bonds. The maximum Gasteiger partial charge on any atom is 0.344 e. The van der Waals surface area contributed by atoms with Gasteiger partial charge in [-0.25, -0.2) is 4.79 Å². The molecule has 0 aliphatic carbocycles. The van der Waals surface area contributed by atoms with Crippen molar-refractivity contribution in [2.75, 3.05) is 0 Å². The number of benzene rings is 2. The third-order valence-electron chi connectivity index (χ3n) is 2.99. The van der Waals surface area contributed by atoms with E-state index in [4.69, 9.17) is 9.84 Å². The van der Waals surface area contributed by atoms with Crippen LogP contribution in [0.4, 0.5) is 0 Å². The molecule has 1 N–H and O–H groups in total. The van der Waals surface area contributed by atoms with Crippen molar-refractivity contribution in [2.45, 2.75) is 20.5 Å². The Balaban J connectivity index is 2.31. The third kappa shape index (κ3) is 3.08. The van der Waals surface area contributed by atoms with Crippen molar-refractivity contribution in [3.8, 4) is 5.75 Å². The van der Waals surface area contributed by atoms with Crippen molar-refractivity contribution in [1.29, 1.82) is 0 Å². The minimum absolute atomic E-state index is 0.0276. The number of esters is 1. The Kier molecular flexibility index (Phi) is 4.57. The topological polar surface area (TPSA) is 46.5 Å². The second kappa shape index (κ2) is 6.20. The van der Waals surface area contributed by atoms with Crippen molar-refractivity contribution in [1.82, 2.24) is 0 Å². The van der Waals surface area contributed by atoms with Crippen molar-refractivity contribution >= 4 is 21.9 Å². The van der Waals surface area contributed by atoms with Gasteiger partial charge in [-0.1, -0.05) is 24.3 Å². The van der Waals surface area contributed by atoms with Gasteiger partial charge in [0, 0.05) is 4.47 Å². The summed E-state index contributed by atoms with van der Waals surface area (Å²) in [5.74, 6) is 0.142. The molecule has 0 aliphatic rings. The first kappa shape index (κ1) is 14.8. The molecule has 104 valence electrons. The summed E-state index contributed by atoms with van der Waals surface area (Å²) in [7, 11) is 0. The number of hydrogen-bond acceptors (Lipinski definition) is 3. The van der Waals surface area contributed by atoms with Gasteiger partial charge in [0.15, 0.2) is 0 Å². The minimum atomic E-state index is -0.402. The Morgan fingerprint density at radius 2 is 1.80 bits per heavy atom. The zero-order chi connectivity index (χ0) is 14.7. The van der Waals surface area contributed by atoms with Gasteiger partial charge in [0.25, 0.3) is 0 Å². The fourth-order valence-corrected chi connectivity index (χ4v) is 2.51. The molecule has 0 spiro atoms. The van der Waals surface area contributed by atoms with Crippen LogP contribution in [0.5, 0.6) is 5.75 Å². The molecule has 0 saturated heterocycles. The zero-order valence-electron chi connectivity index (χ0n) is 11.3. The van der Waals surface area contributed by atoms with Gasteiger partial charge in [0.2, 0.25) is 0 Å². The average Bonchev–Trinajstić information content (AvgIpc) is 2.42. The van der Waals surface area contributed by atoms with Gasteiger partial charge in [0.05, 0.1) is 12.2 Å². The molecule has 0 aromatic heterocycles. The van der Waals surface area contributed by atoms with Gasteiger partial charge in [-0.2, -0.15) is 0 Å². The third-order valence-corrected chi connectivity index (χ3v) is 3.68. The molecular formula is C16H15BrO3. The van der Waals surface area contributed by atoms with Crippen LogP contribution in [0.2, 0.25) is 0 Å². The summed E-state index contributed by atoms with van der Waals surface area (Å²) in [5, 5.41) is 9.16. The first-order chi connectivity index (χ1) is 9.52. The van der Waals surface area contributed by atoms with Crippen LogP contribution in [0.3, 0.4) is 0 Å². The summed E-state index contributed by atoms with van der Waals surface area (Å²) in [5.41, 5.74) is 2.95. The predicted octanol–water partition coefficient (Wildman–Crippen LogP) is 3.78. The van der Waals surface area contributed by atoms with Gasteiger partial charge in [-0.15, -0.1) is 0 Å². The summed E-state index contributed by atoms with van der Waals surface area (Å²) in [4.78, 5) is 12.2. The van der Waals surface area contributed by atoms with Gasteiger partial charge in [0.1, 0.15) is 5.75 Å². The molecule has 0 radical (unpaired) electrons. The van der Waals surface area contributed by atoms with Crippen LogP contribution in [0, 0.1) is 13.8 Å². The number of carbonyl (C=O) groups is 1. The maximum absolute atomic E-state index is 12.2. The first-order valence-corrected chi connectivity index (χ1v) is 7.00. The van der Waals surface area contributed by atoms with E-state index in [2.05, 4.69) is 15.9 Å². The van der Waals surface area contributed by atoms with Crippen LogP contribution in [0.15, 0.2) is 40.9 Å². The van der Waals surface area contributed by atoms with Crippen LogP contribution in [-0.2, 0) is 6.61 Å². The Bertz CT molecular complexity index is 627. The minimum Gasteiger partial charge on any atom is -0.422 e. The van der Waals surface area contributed by atoms with Crippen LogP contribution in [0.25, 0.3) is 0 Å². The maximum atomic E-state index is 12.2. The van der Waals surface area contributed by atoms with E-state index in [-0.39, 0.29) is 6.61 Å². The van der Waals surface area contributed by atoms with E-state index in [0.29, 0.717) is 15.8 Å². The fourth-order valence-electron chi connectivity index (χ4n) is 2.07. The molecule has 2 aromatic rings. The lowest BCUT2D eigenvalue weighted by Gasteiger charge is -2.12. The quantitative estimate of drug-likeness (QED) is 0.686. The van der Waals surface area contributed by atoms with Crippen molar-refractivity contribution in [2.24, 2.45) is 0 Å². The number of rotatable bonds is 3. The van der Waals surface area contributed by atoms with Gasteiger partial charge >= 0.3 is 5.97 Å². The molecular weight excluding hydrogens is 320 g/mol. The summed E-state index contributed by atoms with van der Waals surface area (Å²) in [6.45, 7) is 3.68. The highest BCUT2D eigenvalue weighted by Crippen LogP contribution is 2.27. The predicted molar refractivity (Wildman–Crippen MR) is 80.9 cm³/mol. The monoisotopic (exact) mass is 334 g/mol. The fraction of sp³-hybridized carbons (Fsp3) is 0.188. The van der Waals surface area contributed by atoms with Gasteiger partial charge in [-0.3, -0.25) is 0 Å². The molecule has 0 atom stereocenters. The number of aliphatic hydroxyl groups is 1. The van der Waals surface area contributed by atoms with E-state index < -0.39 is 5.97 Å². The summed E-state index contributed by atoms with van der Waals surface area (Å²) < 4.78 is 6.19. The van der Waals surface area contributed by atoms with E-state index >= 15 is 0 Å². The molecule has 0 unspecified atom stereocenters. The van der Waals surface area contributed by atoms with Crippen molar-refractivity contribution in [3.63, 3.8) is 0 Å². The Morgan fingerprint density at radius 3 is 2.35 bits per heavy atom. The van der Waals surface area contributed by atoms with Crippen molar-refractivity contribution in [3.05, 3.63) is 63.1 Å². The number of aliphatic hydroxyl groups excluding tert-OH is 1. The number of carbonyl (C=O) groups excluding carboxylic acids is 1. The number of halogens is 1. The van der Waals surface area contributed by atoms with Gasteiger partial charge < -0.3 is 9.84 Å². The lowest BCUT2D eigenvalue weighted by Crippen LogP contribution is -2.11. The highest BCUT2D eigenvalue weighted by molar-refractivity contribution is 9.10. The Hall–Kier alpha value is -1.65. The van der Waals surface area contributed by atoms with E-state index in [1.165, 1.54) is 0 Å². The standard InChI is InChI=1S/C16H15BrO3/c1-10-7-12(9-18)8-11(2)15(10)20-16(19)13-5-3-4-6-14(13)17/h3-8,18H,9H2,1-2H3.